The van der Waals surface area contributed by atoms with Gasteiger partial charge >= 0.3 is 0 Å². The fourth-order valence-corrected chi connectivity index (χ4v) is 6.23. The molecule has 0 bridgehead atoms. The van der Waals surface area contributed by atoms with Crippen molar-refractivity contribution in [1.29, 1.82) is 0 Å². The molecule has 0 saturated carbocycles. The van der Waals surface area contributed by atoms with E-state index >= 15 is 0 Å². The molecule has 0 aliphatic heterocycles. The third-order valence-electron chi connectivity index (χ3n) is 4.58. The Morgan fingerprint density at radius 2 is 1.17 bits per heavy atom. The topological polar surface area (TPSA) is 0 Å². The lowest BCUT2D eigenvalue weighted by atomic mass is 10.0. The summed E-state index contributed by atoms with van der Waals surface area (Å²) in [5.41, 5.74) is 0. The van der Waals surface area contributed by atoms with Crippen molar-refractivity contribution in [3.05, 3.63) is 91.0 Å². The van der Waals surface area contributed by atoms with Crippen LogP contribution >= 0.6 is 7.53 Å². The molecule has 0 amide bonds. The first-order valence-electron chi connectivity index (χ1n) is 7.90. The van der Waals surface area contributed by atoms with Gasteiger partial charge in [-0.2, -0.15) is 0 Å². The SMILES string of the molecule is c1ccc(-p2c3ccccc3c3c4ccccc4ccc32)cc1. The van der Waals surface area contributed by atoms with E-state index < -0.39 is 7.53 Å². The van der Waals surface area contributed by atoms with Gasteiger partial charge in [0.1, 0.15) is 0 Å². The molecule has 1 atom stereocenters. The molecule has 0 radical (unpaired) electrons. The Hall–Kier alpha value is -2.56. The first-order valence-corrected chi connectivity index (χ1v) is 9.24. The minimum atomic E-state index is -0.445. The molecule has 1 aromatic heterocycles. The largest absolute Gasteiger partial charge is 0.0772 e. The van der Waals surface area contributed by atoms with Crippen molar-refractivity contribution in [2.45, 2.75) is 0 Å². The van der Waals surface area contributed by atoms with Crippen LogP contribution in [0.5, 0.6) is 0 Å². The zero-order chi connectivity index (χ0) is 15.2. The lowest BCUT2D eigenvalue weighted by molar-refractivity contribution is 1.76. The summed E-state index contributed by atoms with van der Waals surface area (Å²) in [7, 11) is -0.445. The van der Waals surface area contributed by atoms with E-state index in [0.29, 0.717) is 0 Å². The van der Waals surface area contributed by atoms with Crippen molar-refractivity contribution in [1.82, 2.24) is 0 Å². The van der Waals surface area contributed by atoms with Gasteiger partial charge in [-0.25, -0.2) is 0 Å². The van der Waals surface area contributed by atoms with Gasteiger partial charge in [0.15, 0.2) is 0 Å². The highest BCUT2D eigenvalue weighted by Crippen LogP contribution is 2.56. The summed E-state index contributed by atoms with van der Waals surface area (Å²) in [5, 5.41) is 9.96. The zero-order valence-corrected chi connectivity index (χ0v) is 13.5. The van der Waals surface area contributed by atoms with Crippen molar-refractivity contribution >= 4 is 39.3 Å². The van der Waals surface area contributed by atoms with Crippen LogP contribution in [0.2, 0.25) is 0 Å². The Balaban J connectivity index is 2.07. The summed E-state index contributed by atoms with van der Waals surface area (Å²) in [4.78, 5) is 0. The van der Waals surface area contributed by atoms with Crippen LogP contribution in [0.15, 0.2) is 91.0 Å². The van der Waals surface area contributed by atoms with Crippen LogP contribution in [0.1, 0.15) is 0 Å². The van der Waals surface area contributed by atoms with Gasteiger partial charge in [-0.05, 0) is 27.5 Å². The molecule has 23 heavy (non-hydrogen) atoms. The molecule has 1 unspecified atom stereocenters. The maximum absolute atomic E-state index is 2.34. The molecule has 108 valence electrons. The van der Waals surface area contributed by atoms with Crippen molar-refractivity contribution < 1.29 is 0 Å². The third kappa shape index (κ3) is 1.86. The highest BCUT2D eigenvalue weighted by molar-refractivity contribution is 7.68. The zero-order valence-electron chi connectivity index (χ0n) is 12.6. The first kappa shape index (κ1) is 12.9. The second-order valence-electron chi connectivity index (χ2n) is 5.87. The third-order valence-corrected chi connectivity index (χ3v) is 7.12. The first-order chi connectivity index (χ1) is 11.4. The highest BCUT2D eigenvalue weighted by atomic mass is 31.1. The lowest BCUT2D eigenvalue weighted by Gasteiger charge is -2.04. The Morgan fingerprint density at radius 3 is 2.04 bits per heavy atom. The summed E-state index contributed by atoms with van der Waals surface area (Å²) < 4.78 is 0. The second kappa shape index (κ2) is 4.98. The van der Waals surface area contributed by atoms with Crippen molar-refractivity contribution in [2.75, 3.05) is 0 Å². The monoisotopic (exact) mass is 310 g/mol. The van der Waals surface area contributed by atoms with Gasteiger partial charge in [-0.3, -0.25) is 0 Å². The van der Waals surface area contributed by atoms with Gasteiger partial charge in [0.25, 0.3) is 0 Å². The average molecular weight is 310 g/mol. The fourth-order valence-electron chi connectivity index (χ4n) is 3.59. The molecule has 0 fully saturated rings. The fraction of sp³-hybridized carbons (Fsp3) is 0. The van der Waals surface area contributed by atoms with Crippen LogP contribution < -0.4 is 0 Å². The van der Waals surface area contributed by atoms with Crippen LogP contribution in [0.3, 0.4) is 0 Å². The Labute approximate surface area is 136 Å². The van der Waals surface area contributed by atoms with Gasteiger partial charge in [-0.1, -0.05) is 92.5 Å². The maximum atomic E-state index is 2.34. The van der Waals surface area contributed by atoms with Crippen LogP contribution in [0.4, 0.5) is 0 Å². The number of rotatable bonds is 1. The Morgan fingerprint density at radius 1 is 0.478 bits per heavy atom. The molecule has 0 N–H and O–H groups in total. The molecule has 0 aliphatic carbocycles. The molecule has 5 rings (SSSR count). The van der Waals surface area contributed by atoms with Crippen LogP contribution in [-0.2, 0) is 0 Å². The average Bonchev–Trinajstić information content (AvgIpc) is 2.97. The molecular formula is C22H15P. The smallest absolute Gasteiger partial charge is 0.00747 e. The van der Waals surface area contributed by atoms with Gasteiger partial charge in [0.05, 0.1) is 0 Å². The van der Waals surface area contributed by atoms with Gasteiger partial charge in [0.2, 0.25) is 0 Å². The number of fused-ring (bicyclic) bond motifs is 5. The van der Waals surface area contributed by atoms with E-state index in [1.165, 1.54) is 37.1 Å². The highest BCUT2D eigenvalue weighted by Gasteiger charge is 2.14. The summed E-state index contributed by atoms with van der Waals surface area (Å²) in [6.45, 7) is 0. The summed E-state index contributed by atoms with van der Waals surface area (Å²) in [6, 6.07) is 33.2. The molecule has 0 spiro atoms. The number of hydrogen-bond acceptors (Lipinski definition) is 0. The molecule has 0 nitrogen and oxygen atoms in total. The van der Waals surface area contributed by atoms with E-state index in [9.17, 15) is 0 Å². The van der Waals surface area contributed by atoms with E-state index in [1.54, 1.807) is 0 Å². The summed E-state index contributed by atoms with van der Waals surface area (Å²) in [6.07, 6.45) is 0. The van der Waals surface area contributed by atoms with E-state index in [1.807, 2.05) is 0 Å². The van der Waals surface area contributed by atoms with E-state index in [4.69, 9.17) is 0 Å². The van der Waals surface area contributed by atoms with Gasteiger partial charge in [-0.15, -0.1) is 0 Å². The molecule has 1 heteroatoms. The van der Waals surface area contributed by atoms with Crippen molar-refractivity contribution in [3.63, 3.8) is 0 Å². The molecule has 4 aromatic carbocycles. The maximum Gasteiger partial charge on any atom is 0.00747 e. The summed E-state index contributed by atoms with van der Waals surface area (Å²) in [5.74, 6) is 0. The minimum absolute atomic E-state index is 0.445. The summed E-state index contributed by atoms with van der Waals surface area (Å²) >= 11 is 0. The molecule has 0 aliphatic rings. The lowest BCUT2D eigenvalue weighted by Crippen LogP contribution is -1.73. The second-order valence-corrected chi connectivity index (χ2v) is 8.02. The van der Waals surface area contributed by atoms with Gasteiger partial charge in [0, 0.05) is 15.6 Å². The van der Waals surface area contributed by atoms with Crippen LogP contribution in [-0.4, -0.2) is 0 Å². The van der Waals surface area contributed by atoms with E-state index in [2.05, 4.69) is 91.0 Å². The van der Waals surface area contributed by atoms with Crippen LogP contribution in [0, 0.1) is 0 Å². The van der Waals surface area contributed by atoms with E-state index in [-0.39, 0.29) is 0 Å². The predicted octanol–water partition coefficient (Wildman–Crippen LogP) is 7.12. The molecule has 1 heterocycles. The standard InChI is InChI=1S/C22H15P/c1-2-9-17(10-3-1)23-20-13-7-6-12-19(20)22-18-11-5-4-8-16(18)14-15-21(22)23/h1-15H. The Bertz CT molecular complexity index is 1150. The number of hydrogen-bond donors (Lipinski definition) is 0. The molecular weight excluding hydrogens is 295 g/mol. The Kier molecular flexibility index (Phi) is 2.80. The van der Waals surface area contributed by atoms with E-state index in [0.717, 1.165) is 0 Å². The number of benzene rings is 4. The quantitative estimate of drug-likeness (QED) is 0.309. The van der Waals surface area contributed by atoms with Crippen molar-refractivity contribution in [3.8, 4) is 5.30 Å². The predicted molar refractivity (Wildman–Crippen MR) is 103 cm³/mol. The van der Waals surface area contributed by atoms with Crippen molar-refractivity contribution in [2.24, 2.45) is 0 Å². The normalized spacial score (nSPS) is 12.3. The molecule has 5 aromatic rings. The molecule has 0 saturated heterocycles. The van der Waals surface area contributed by atoms with Crippen LogP contribution in [0.25, 0.3) is 37.1 Å². The minimum Gasteiger partial charge on any atom is -0.0772 e. The van der Waals surface area contributed by atoms with Gasteiger partial charge < -0.3 is 0 Å².